The summed E-state index contributed by atoms with van der Waals surface area (Å²) in [5.41, 5.74) is 3.21. The van der Waals surface area contributed by atoms with E-state index in [1.807, 2.05) is 60.7 Å². The van der Waals surface area contributed by atoms with E-state index in [1.54, 1.807) is 0 Å². The third kappa shape index (κ3) is 5.86. The van der Waals surface area contributed by atoms with Crippen molar-refractivity contribution in [2.24, 2.45) is 11.8 Å². The maximum Gasteiger partial charge on any atom is 0.131 e. The molecule has 1 aromatic heterocycles. The van der Waals surface area contributed by atoms with E-state index in [4.69, 9.17) is 21.1 Å². The van der Waals surface area contributed by atoms with Gasteiger partial charge in [-0.1, -0.05) is 74.8 Å². The van der Waals surface area contributed by atoms with Gasteiger partial charge in [-0.05, 0) is 53.1 Å². The Kier molecular flexibility index (Phi) is 8.24. The average Bonchev–Trinajstić information content (AvgIpc) is 3.29. The quantitative estimate of drug-likeness (QED) is 0.323. The molecule has 0 N–H and O–H groups in total. The third-order valence-electron chi connectivity index (χ3n) is 6.71. The second-order valence-electron chi connectivity index (χ2n) is 9.01. The summed E-state index contributed by atoms with van der Waals surface area (Å²) in [6, 6.07) is 20.4. The monoisotopic (exact) mass is 486 g/mol. The lowest BCUT2D eigenvalue weighted by Gasteiger charge is -2.42. The molecule has 1 aliphatic heterocycles. The number of ether oxygens (including phenoxy) is 2. The van der Waals surface area contributed by atoms with Crippen LogP contribution in [0.4, 0.5) is 4.39 Å². The molecule has 0 amide bonds. The van der Waals surface area contributed by atoms with Gasteiger partial charge in [0, 0.05) is 21.2 Å². The topological polar surface area (TPSA) is 18.5 Å². The van der Waals surface area contributed by atoms with Gasteiger partial charge in [0.25, 0.3) is 0 Å². The Hall–Kier alpha value is -1.72. The minimum absolute atomic E-state index is 0.0489. The van der Waals surface area contributed by atoms with E-state index < -0.39 is 12.3 Å². The fourth-order valence-electron chi connectivity index (χ4n) is 4.47. The van der Waals surface area contributed by atoms with Crippen LogP contribution in [0.3, 0.4) is 0 Å². The molecule has 5 atom stereocenters. The Morgan fingerprint density at radius 2 is 1.76 bits per heavy atom. The molecule has 0 bridgehead atoms. The van der Waals surface area contributed by atoms with Crippen LogP contribution < -0.4 is 0 Å². The molecule has 2 heterocycles. The van der Waals surface area contributed by atoms with Crippen LogP contribution in [0.1, 0.15) is 53.3 Å². The molecule has 5 heteroatoms. The van der Waals surface area contributed by atoms with Crippen LogP contribution in [-0.4, -0.2) is 18.9 Å². The fourth-order valence-corrected chi connectivity index (χ4v) is 5.64. The van der Waals surface area contributed by atoms with E-state index in [1.165, 1.54) is 9.75 Å². The van der Waals surface area contributed by atoms with Crippen LogP contribution in [0.25, 0.3) is 0 Å². The van der Waals surface area contributed by atoms with Crippen LogP contribution in [0.15, 0.2) is 60.7 Å². The van der Waals surface area contributed by atoms with Crippen molar-refractivity contribution in [3.8, 4) is 0 Å². The van der Waals surface area contributed by atoms with Gasteiger partial charge < -0.3 is 9.47 Å². The molecule has 0 aliphatic carbocycles. The molecule has 2 nitrogen and oxygen atoms in total. The number of benzene rings is 2. The van der Waals surface area contributed by atoms with Gasteiger partial charge in [0.05, 0.1) is 19.3 Å². The maximum atomic E-state index is 15.1. The van der Waals surface area contributed by atoms with Gasteiger partial charge in [0.1, 0.15) is 12.3 Å². The highest BCUT2D eigenvalue weighted by molar-refractivity contribution is 7.12. The highest BCUT2D eigenvalue weighted by atomic mass is 35.5. The first-order valence-corrected chi connectivity index (χ1v) is 12.9. The molecular weight excluding hydrogens is 455 g/mol. The van der Waals surface area contributed by atoms with Gasteiger partial charge in [-0.25, -0.2) is 4.39 Å². The summed E-state index contributed by atoms with van der Waals surface area (Å²) in [4.78, 5) is 2.68. The normalized spacial score (nSPS) is 25.3. The minimum atomic E-state index is -1.06. The molecule has 0 spiro atoms. The van der Waals surface area contributed by atoms with Gasteiger partial charge in [-0.2, -0.15) is 0 Å². The molecule has 33 heavy (non-hydrogen) atoms. The first-order chi connectivity index (χ1) is 16.0. The van der Waals surface area contributed by atoms with Gasteiger partial charge in [0.2, 0.25) is 0 Å². The van der Waals surface area contributed by atoms with Crippen LogP contribution in [0.5, 0.6) is 0 Å². The standard InChI is InChI=1S/C28H32ClFO2S/c1-4-23-11-12-24(33-23)15-22-14-21(10-13-25(22)29)28-19(3)18(2)27(30)26(32-28)17-31-16-20-8-6-5-7-9-20/h5-14,18-19,26-28H,4,15-17H2,1-3H3. The predicted octanol–water partition coefficient (Wildman–Crippen LogP) is 7.82. The number of hydrogen-bond acceptors (Lipinski definition) is 3. The van der Waals surface area contributed by atoms with Crippen molar-refractivity contribution in [3.63, 3.8) is 0 Å². The zero-order chi connectivity index (χ0) is 23.4. The summed E-state index contributed by atoms with van der Waals surface area (Å²) in [6.07, 6.45) is -0.000638. The van der Waals surface area contributed by atoms with Crippen molar-refractivity contribution in [1.29, 1.82) is 0 Å². The summed E-state index contributed by atoms with van der Waals surface area (Å²) in [5.74, 6) is -0.0783. The second kappa shape index (κ2) is 11.1. The molecule has 1 fully saturated rings. The van der Waals surface area contributed by atoms with E-state index in [0.29, 0.717) is 6.61 Å². The lowest BCUT2D eigenvalue weighted by molar-refractivity contribution is -0.169. The number of alkyl halides is 1. The molecule has 1 saturated heterocycles. The van der Waals surface area contributed by atoms with Gasteiger partial charge >= 0.3 is 0 Å². The number of thiophene rings is 1. The van der Waals surface area contributed by atoms with E-state index in [2.05, 4.69) is 32.0 Å². The van der Waals surface area contributed by atoms with Crippen molar-refractivity contribution in [1.82, 2.24) is 0 Å². The van der Waals surface area contributed by atoms with Gasteiger partial charge in [-0.3, -0.25) is 0 Å². The Balaban J connectivity index is 1.48. The first-order valence-electron chi connectivity index (χ1n) is 11.7. The Morgan fingerprint density at radius 3 is 2.48 bits per heavy atom. The lowest BCUT2D eigenvalue weighted by atomic mass is 9.79. The third-order valence-corrected chi connectivity index (χ3v) is 8.31. The Labute approximate surface area is 205 Å². The summed E-state index contributed by atoms with van der Waals surface area (Å²) < 4.78 is 27.3. The number of halogens is 2. The molecule has 1 aliphatic rings. The van der Waals surface area contributed by atoms with E-state index in [0.717, 1.165) is 34.6 Å². The van der Waals surface area contributed by atoms with Crippen molar-refractivity contribution < 1.29 is 13.9 Å². The highest BCUT2D eigenvalue weighted by Gasteiger charge is 2.42. The summed E-state index contributed by atoms with van der Waals surface area (Å²) in [6.45, 7) is 6.91. The number of aryl methyl sites for hydroxylation is 1. The first kappa shape index (κ1) is 24.4. The molecule has 2 aromatic carbocycles. The zero-order valence-electron chi connectivity index (χ0n) is 19.5. The molecule has 0 saturated carbocycles. The van der Waals surface area contributed by atoms with Crippen molar-refractivity contribution in [3.05, 3.63) is 92.1 Å². The number of hydrogen-bond donors (Lipinski definition) is 0. The van der Waals surface area contributed by atoms with Gasteiger partial charge in [0.15, 0.2) is 0 Å². The smallest absolute Gasteiger partial charge is 0.131 e. The zero-order valence-corrected chi connectivity index (χ0v) is 21.0. The van der Waals surface area contributed by atoms with Crippen LogP contribution in [0.2, 0.25) is 5.02 Å². The predicted molar refractivity (Wildman–Crippen MR) is 135 cm³/mol. The molecule has 3 aromatic rings. The molecule has 5 unspecified atom stereocenters. The Bertz CT molecular complexity index is 1040. The lowest BCUT2D eigenvalue weighted by Crippen LogP contribution is -2.45. The highest BCUT2D eigenvalue weighted by Crippen LogP contribution is 2.42. The molecule has 176 valence electrons. The van der Waals surface area contributed by atoms with Crippen molar-refractivity contribution >= 4 is 22.9 Å². The molecule has 4 rings (SSSR count). The fraction of sp³-hybridized carbons (Fsp3) is 0.429. The maximum absolute atomic E-state index is 15.1. The largest absolute Gasteiger partial charge is 0.374 e. The molecule has 0 radical (unpaired) electrons. The SMILES string of the molecule is CCc1ccc(Cc2cc(C3OC(COCc4ccccc4)C(F)C(C)C3C)ccc2Cl)s1. The van der Waals surface area contributed by atoms with Crippen molar-refractivity contribution in [2.75, 3.05) is 6.61 Å². The summed E-state index contributed by atoms with van der Waals surface area (Å²) in [5, 5.41) is 0.757. The van der Waals surface area contributed by atoms with Crippen LogP contribution in [0, 0.1) is 11.8 Å². The average molecular weight is 487 g/mol. The summed E-state index contributed by atoms with van der Waals surface area (Å²) in [7, 11) is 0. The van der Waals surface area contributed by atoms with E-state index in [9.17, 15) is 0 Å². The van der Waals surface area contributed by atoms with Crippen LogP contribution in [-0.2, 0) is 28.9 Å². The minimum Gasteiger partial charge on any atom is -0.374 e. The van der Waals surface area contributed by atoms with Crippen LogP contribution >= 0.6 is 22.9 Å². The van der Waals surface area contributed by atoms with Crippen molar-refractivity contribution in [2.45, 2.75) is 58.6 Å². The van der Waals surface area contributed by atoms with Gasteiger partial charge in [-0.15, -0.1) is 11.3 Å². The molecular formula is C28H32ClFO2S. The summed E-state index contributed by atoms with van der Waals surface area (Å²) >= 11 is 8.38. The number of rotatable bonds is 8. The van der Waals surface area contributed by atoms with E-state index in [-0.39, 0.29) is 24.5 Å². The second-order valence-corrected chi connectivity index (χ2v) is 10.7. The van der Waals surface area contributed by atoms with E-state index >= 15 is 4.39 Å². The Morgan fingerprint density at radius 1 is 1.00 bits per heavy atom.